The molecule has 2 saturated carbocycles. The first-order valence-corrected chi connectivity index (χ1v) is 7.58. The molecule has 104 valence electrons. The van der Waals surface area contributed by atoms with Crippen molar-refractivity contribution in [1.82, 2.24) is 10.3 Å². The Morgan fingerprint density at radius 3 is 2.63 bits per heavy atom. The molecule has 0 saturated heterocycles. The highest BCUT2D eigenvalue weighted by Crippen LogP contribution is 2.35. The van der Waals surface area contributed by atoms with E-state index in [1.165, 1.54) is 36.9 Å². The normalized spacial score (nSPS) is 20.4. The lowest BCUT2D eigenvalue weighted by Crippen LogP contribution is -2.31. The SMILES string of the molecule is Cc1nc(N(C)C(C)C2CC2)ccc1CNC1CC1. The van der Waals surface area contributed by atoms with Gasteiger partial charge >= 0.3 is 0 Å². The van der Waals surface area contributed by atoms with E-state index in [0.29, 0.717) is 6.04 Å². The van der Waals surface area contributed by atoms with Crippen molar-refractivity contribution < 1.29 is 0 Å². The van der Waals surface area contributed by atoms with Crippen LogP contribution in [0.4, 0.5) is 5.82 Å². The van der Waals surface area contributed by atoms with E-state index in [-0.39, 0.29) is 0 Å². The Bertz CT molecular complexity index is 449. The van der Waals surface area contributed by atoms with Crippen molar-refractivity contribution in [3.05, 3.63) is 23.4 Å². The summed E-state index contributed by atoms with van der Waals surface area (Å²) in [5.41, 5.74) is 2.50. The average molecular weight is 259 g/mol. The Morgan fingerprint density at radius 2 is 2.05 bits per heavy atom. The largest absolute Gasteiger partial charge is 0.357 e. The average Bonchev–Trinajstić information content (AvgIpc) is 3.28. The lowest BCUT2D eigenvalue weighted by Gasteiger charge is -2.26. The van der Waals surface area contributed by atoms with Gasteiger partial charge in [0.05, 0.1) is 0 Å². The molecule has 0 bridgehead atoms. The molecule has 1 unspecified atom stereocenters. The smallest absolute Gasteiger partial charge is 0.128 e. The minimum atomic E-state index is 0.613. The zero-order chi connectivity index (χ0) is 13.4. The van der Waals surface area contributed by atoms with Gasteiger partial charge in [-0.1, -0.05) is 6.07 Å². The summed E-state index contributed by atoms with van der Waals surface area (Å²) in [6, 6.07) is 5.79. The molecule has 3 heteroatoms. The Labute approximate surface area is 116 Å². The van der Waals surface area contributed by atoms with E-state index >= 15 is 0 Å². The Balaban J connectivity index is 1.66. The quantitative estimate of drug-likeness (QED) is 0.851. The number of pyridine rings is 1. The predicted octanol–water partition coefficient (Wildman–Crippen LogP) is 2.88. The first-order chi connectivity index (χ1) is 9.15. The number of nitrogens with one attached hydrogen (secondary N) is 1. The van der Waals surface area contributed by atoms with Crippen molar-refractivity contribution in [2.45, 2.75) is 58.2 Å². The van der Waals surface area contributed by atoms with Crippen LogP contribution >= 0.6 is 0 Å². The molecular formula is C16H25N3. The summed E-state index contributed by atoms with van der Waals surface area (Å²) in [5.74, 6) is 2.00. The molecule has 1 N–H and O–H groups in total. The first kappa shape index (κ1) is 12.9. The zero-order valence-corrected chi connectivity index (χ0v) is 12.3. The summed E-state index contributed by atoms with van der Waals surface area (Å²) in [7, 11) is 2.17. The third kappa shape index (κ3) is 3.08. The minimum absolute atomic E-state index is 0.613. The van der Waals surface area contributed by atoms with Gasteiger partial charge in [-0.15, -0.1) is 0 Å². The van der Waals surface area contributed by atoms with Crippen LogP contribution in [-0.4, -0.2) is 24.1 Å². The third-order valence-electron chi connectivity index (χ3n) is 4.62. The van der Waals surface area contributed by atoms with Gasteiger partial charge in [0, 0.05) is 31.4 Å². The van der Waals surface area contributed by atoms with Gasteiger partial charge in [0.1, 0.15) is 5.82 Å². The van der Waals surface area contributed by atoms with Crippen LogP contribution in [0, 0.1) is 12.8 Å². The predicted molar refractivity (Wildman–Crippen MR) is 79.4 cm³/mol. The van der Waals surface area contributed by atoms with Crippen LogP contribution in [-0.2, 0) is 6.54 Å². The van der Waals surface area contributed by atoms with Crippen molar-refractivity contribution in [2.75, 3.05) is 11.9 Å². The molecule has 19 heavy (non-hydrogen) atoms. The standard InChI is InChI=1S/C16H25N3/c1-11-14(10-17-15-7-8-15)6-9-16(18-11)19(3)12(2)13-4-5-13/h6,9,12-13,15,17H,4-5,7-8,10H2,1-3H3. The molecule has 0 aromatic carbocycles. The van der Waals surface area contributed by atoms with Crippen LogP contribution in [0.5, 0.6) is 0 Å². The van der Waals surface area contributed by atoms with Gasteiger partial charge in [-0.2, -0.15) is 0 Å². The van der Waals surface area contributed by atoms with Gasteiger partial charge in [-0.05, 0) is 57.1 Å². The molecular weight excluding hydrogens is 234 g/mol. The highest BCUT2D eigenvalue weighted by molar-refractivity contribution is 5.42. The maximum atomic E-state index is 4.79. The highest BCUT2D eigenvalue weighted by Gasteiger charge is 2.31. The van der Waals surface area contributed by atoms with Gasteiger partial charge in [0.15, 0.2) is 0 Å². The molecule has 1 heterocycles. The van der Waals surface area contributed by atoms with Crippen LogP contribution in [0.25, 0.3) is 0 Å². The number of anilines is 1. The zero-order valence-electron chi connectivity index (χ0n) is 12.3. The molecule has 0 amide bonds. The first-order valence-electron chi connectivity index (χ1n) is 7.58. The van der Waals surface area contributed by atoms with E-state index < -0.39 is 0 Å². The molecule has 2 aliphatic rings. The number of aromatic nitrogens is 1. The number of hydrogen-bond acceptors (Lipinski definition) is 3. The summed E-state index contributed by atoms with van der Waals surface area (Å²) in [5, 5.41) is 3.56. The molecule has 2 aliphatic carbocycles. The van der Waals surface area contributed by atoms with Crippen LogP contribution < -0.4 is 10.2 Å². The number of hydrogen-bond donors (Lipinski definition) is 1. The van der Waals surface area contributed by atoms with Gasteiger partial charge in [-0.3, -0.25) is 0 Å². The summed E-state index contributed by atoms with van der Waals surface area (Å²) < 4.78 is 0. The topological polar surface area (TPSA) is 28.2 Å². The Morgan fingerprint density at radius 1 is 1.32 bits per heavy atom. The fourth-order valence-corrected chi connectivity index (χ4v) is 2.61. The Hall–Kier alpha value is -1.09. The molecule has 0 radical (unpaired) electrons. The van der Waals surface area contributed by atoms with Crippen LogP contribution in [0.15, 0.2) is 12.1 Å². The lowest BCUT2D eigenvalue weighted by molar-refractivity contribution is 0.602. The van der Waals surface area contributed by atoms with Crippen LogP contribution in [0.1, 0.15) is 43.9 Å². The Kier molecular flexibility index (Phi) is 3.48. The summed E-state index contributed by atoms with van der Waals surface area (Å²) in [4.78, 5) is 7.12. The molecule has 1 aromatic heterocycles. The second kappa shape index (κ2) is 5.12. The minimum Gasteiger partial charge on any atom is -0.357 e. The molecule has 1 atom stereocenters. The highest BCUT2D eigenvalue weighted by atomic mass is 15.2. The number of aryl methyl sites for hydroxylation is 1. The molecule has 0 spiro atoms. The molecule has 1 aromatic rings. The summed E-state index contributed by atoms with van der Waals surface area (Å²) >= 11 is 0. The summed E-state index contributed by atoms with van der Waals surface area (Å²) in [6.07, 6.45) is 5.44. The summed E-state index contributed by atoms with van der Waals surface area (Å²) in [6.45, 7) is 5.41. The molecule has 0 aliphatic heterocycles. The maximum absolute atomic E-state index is 4.79. The van der Waals surface area contributed by atoms with Crippen molar-refractivity contribution >= 4 is 5.82 Å². The van der Waals surface area contributed by atoms with Gasteiger partial charge in [-0.25, -0.2) is 4.98 Å². The maximum Gasteiger partial charge on any atom is 0.128 e. The van der Waals surface area contributed by atoms with E-state index in [1.54, 1.807) is 0 Å². The van der Waals surface area contributed by atoms with Crippen molar-refractivity contribution in [2.24, 2.45) is 5.92 Å². The fraction of sp³-hybridized carbons (Fsp3) is 0.688. The third-order valence-corrected chi connectivity index (χ3v) is 4.62. The molecule has 3 nitrogen and oxygen atoms in total. The molecule has 2 fully saturated rings. The van der Waals surface area contributed by atoms with Crippen molar-refractivity contribution in [3.8, 4) is 0 Å². The van der Waals surface area contributed by atoms with Gasteiger partial charge in [0.25, 0.3) is 0 Å². The van der Waals surface area contributed by atoms with E-state index in [1.807, 2.05) is 0 Å². The van der Waals surface area contributed by atoms with Gasteiger partial charge < -0.3 is 10.2 Å². The van der Waals surface area contributed by atoms with E-state index in [2.05, 4.69) is 43.2 Å². The van der Waals surface area contributed by atoms with Crippen molar-refractivity contribution in [3.63, 3.8) is 0 Å². The second-order valence-corrected chi connectivity index (χ2v) is 6.26. The number of nitrogens with zero attached hydrogens (tertiary/aromatic N) is 2. The van der Waals surface area contributed by atoms with Crippen LogP contribution in [0.3, 0.4) is 0 Å². The van der Waals surface area contributed by atoms with Crippen molar-refractivity contribution in [1.29, 1.82) is 0 Å². The van der Waals surface area contributed by atoms with E-state index in [4.69, 9.17) is 4.98 Å². The fourth-order valence-electron chi connectivity index (χ4n) is 2.61. The van der Waals surface area contributed by atoms with E-state index in [9.17, 15) is 0 Å². The monoisotopic (exact) mass is 259 g/mol. The lowest BCUT2D eigenvalue weighted by atomic mass is 10.1. The second-order valence-electron chi connectivity index (χ2n) is 6.26. The van der Waals surface area contributed by atoms with Gasteiger partial charge in [0.2, 0.25) is 0 Å². The van der Waals surface area contributed by atoms with Crippen LogP contribution in [0.2, 0.25) is 0 Å². The molecule has 3 rings (SSSR count). The van der Waals surface area contributed by atoms with E-state index in [0.717, 1.165) is 24.3 Å². The number of rotatable bonds is 6.